The molecule has 0 saturated heterocycles. The smallest absolute Gasteiger partial charge is 0.323 e. The van der Waals surface area contributed by atoms with Crippen molar-refractivity contribution in [3.63, 3.8) is 0 Å². The molecule has 5 atom stereocenters. The van der Waals surface area contributed by atoms with E-state index < -0.39 is 63.9 Å². The van der Waals surface area contributed by atoms with E-state index in [1.54, 1.807) is 162 Å². The molecule has 5 unspecified atom stereocenters. The molecule has 3 N–H and O–H groups in total. The summed E-state index contributed by atoms with van der Waals surface area (Å²) >= 11 is 11.5. The summed E-state index contributed by atoms with van der Waals surface area (Å²) in [6, 6.07) is 25.6. The second kappa shape index (κ2) is 39.3. The molecule has 484 valence electrons. The zero-order valence-electron chi connectivity index (χ0n) is 50.9. The maximum absolute atomic E-state index is 11.6. The molecule has 0 aromatic heterocycles. The molecule has 0 radical (unpaired) electrons. The number of benzene rings is 5. The summed E-state index contributed by atoms with van der Waals surface area (Å²) < 4.78 is 69.5. The van der Waals surface area contributed by atoms with Crippen LogP contribution in [0.3, 0.4) is 0 Å². The Morgan fingerprint density at radius 2 is 0.795 bits per heavy atom. The van der Waals surface area contributed by atoms with E-state index in [0.29, 0.717) is 69.0 Å². The number of anilines is 2. The Kier molecular flexibility index (Phi) is 35.9. The number of carboxylic acid groups (broad SMARTS) is 1. The molecule has 0 aliphatic heterocycles. The molecule has 0 heterocycles. The first-order valence-corrected chi connectivity index (χ1v) is 32.4. The van der Waals surface area contributed by atoms with Crippen molar-refractivity contribution < 1.29 is 79.6 Å². The minimum atomic E-state index is -3.32. The van der Waals surface area contributed by atoms with Crippen molar-refractivity contribution in [2.75, 3.05) is 48.4 Å². The summed E-state index contributed by atoms with van der Waals surface area (Å²) in [4.78, 5) is 86.0. The van der Waals surface area contributed by atoms with E-state index in [0.717, 1.165) is 29.2 Å². The van der Waals surface area contributed by atoms with Crippen LogP contribution >= 0.6 is 43.5 Å². The first kappa shape index (κ1) is 80.4. The zero-order chi connectivity index (χ0) is 68.0. The third-order valence-electron chi connectivity index (χ3n) is 11.6. The molecule has 0 spiro atoms. The Labute approximate surface area is 534 Å². The predicted octanol–water partition coefficient (Wildman–Crippen LogP) is 12.7. The third kappa shape index (κ3) is 29.9. The van der Waals surface area contributed by atoms with Gasteiger partial charge in [0.25, 0.3) is 17.1 Å². The second-order valence-electron chi connectivity index (χ2n) is 18.7. The van der Waals surface area contributed by atoms with E-state index in [1.165, 1.54) is 18.2 Å². The number of halogens is 3. The SMILES string of the molecule is CCOC(=O)C(C)Cl.CCOC(=O)C(C)c1ccc(NS(C)(=O)=O)c(C)c1.CCOC(=O)C(C)c1ccc([N+](=O)[O-])c(Br)c1.CCOC(=O)C(C)c1ccc([N+](=O)[O-])c(C)c1.Cc1cc(C(C)C(=O)O)ccc1NS(C)(=O)=O.O=[N+]([O-])c1ccccc1Br. The number of rotatable bonds is 20. The van der Waals surface area contributed by atoms with E-state index in [-0.39, 0.29) is 46.9 Å². The summed E-state index contributed by atoms with van der Waals surface area (Å²) in [7, 11) is -6.61. The van der Waals surface area contributed by atoms with Crippen LogP contribution in [0.1, 0.15) is 125 Å². The number of carboxylic acids is 1. The normalized spacial score (nSPS) is 12.1. The number of alkyl halides is 1. The van der Waals surface area contributed by atoms with Crippen molar-refractivity contribution in [3.05, 3.63) is 175 Å². The lowest BCUT2D eigenvalue weighted by Crippen LogP contribution is -2.14. The number of para-hydroxylation sites is 1. The number of nitro benzene ring substituents is 3. The van der Waals surface area contributed by atoms with Crippen LogP contribution in [0, 0.1) is 51.1 Å². The van der Waals surface area contributed by atoms with Gasteiger partial charge in [-0.25, -0.2) is 16.8 Å². The molecule has 88 heavy (non-hydrogen) atoms. The van der Waals surface area contributed by atoms with Crippen molar-refractivity contribution in [2.45, 2.75) is 112 Å². The van der Waals surface area contributed by atoms with Gasteiger partial charge in [-0.15, -0.1) is 11.6 Å². The number of ether oxygens (including phenoxy) is 4. The van der Waals surface area contributed by atoms with E-state index >= 15 is 0 Å². The molecule has 0 aliphatic rings. The highest BCUT2D eigenvalue weighted by atomic mass is 79.9. The largest absolute Gasteiger partial charge is 0.481 e. The third-order valence-corrected chi connectivity index (χ3v) is 14.3. The van der Waals surface area contributed by atoms with Gasteiger partial charge in [0.1, 0.15) is 5.38 Å². The lowest BCUT2D eigenvalue weighted by molar-refractivity contribution is -0.385. The van der Waals surface area contributed by atoms with E-state index in [2.05, 4.69) is 46.0 Å². The minimum absolute atomic E-state index is 0.0233. The van der Waals surface area contributed by atoms with Gasteiger partial charge >= 0.3 is 29.8 Å². The molecule has 5 aromatic carbocycles. The molecule has 0 amide bonds. The Balaban J connectivity index is 0.00000105. The maximum Gasteiger partial charge on any atom is 0.323 e. The lowest BCUT2D eigenvalue weighted by atomic mass is 9.99. The summed E-state index contributed by atoms with van der Waals surface area (Å²) in [6.07, 6.45) is 2.17. The van der Waals surface area contributed by atoms with E-state index in [1.807, 2.05) is 0 Å². The average Bonchev–Trinajstić information content (AvgIpc) is 2.52. The van der Waals surface area contributed by atoms with Crippen LogP contribution in [0.5, 0.6) is 0 Å². The van der Waals surface area contributed by atoms with Gasteiger partial charge < -0.3 is 24.1 Å². The molecule has 25 nitrogen and oxygen atoms in total. The van der Waals surface area contributed by atoms with E-state index in [9.17, 15) is 71.2 Å². The van der Waals surface area contributed by atoms with Crippen molar-refractivity contribution >= 4 is 122 Å². The fourth-order valence-electron chi connectivity index (χ4n) is 6.84. The van der Waals surface area contributed by atoms with Gasteiger partial charge in [-0.05, 0) is 179 Å². The van der Waals surface area contributed by atoms with Crippen molar-refractivity contribution in [3.8, 4) is 0 Å². The first-order chi connectivity index (χ1) is 40.8. The number of nitro groups is 3. The first-order valence-electron chi connectivity index (χ1n) is 26.6. The Morgan fingerprint density at radius 1 is 0.489 bits per heavy atom. The van der Waals surface area contributed by atoms with Crippen molar-refractivity contribution in [1.29, 1.82) is 0 Å². The number of nitrogens with zero attached hydrogens (tertiary/aromatic N) is 3. The number of esters is 4. The highest BCUT2D eigenvalue weighted by molar-refractivity contribution is 9.11. The molecule has 30 heteroatoms. The minimum Gasteiger partial charge on any atom is -0.481 e. The zero-order valence-corrected chi connectivity index (χ0v) is 56.5. The monoisotopic (exact) mass is 1420 g/mol. The van der Waals surface area contributed by atoms with Crippen LogP contribution in [0.15, 0.2) is 106 Å². The Morgan fingerprint density at radius 3 is 1.07 bits per heavy atom. The number of aliphatic carboxylic acids is 1. The number of hydrogen-bond donors (Lipinski definition) is 3. The van der Waals surface area contributed by atoms with Crippen LogP contribution in [-0.4, -0.2) is 111 Å². The quantitative estimate of drug-likeness (QED) is 0.0214. The number of carbonyl (C=O) groups excluding carboxylic acids is 4. The summed E-state index contributed by atoms with van der Waals surface area (Å²) in [6.45, 7) is 21.9. The average molecular weight is 1420 g/mol. The van der Waals surface area contributed by atoms with Gasteiger partial charge in [0.2, 0.25) is 20.0 Å². The highest BCUT2D eigenvalue weighted by Crippen LogP contribution is 2.30. The van der Waals surface area contributed by atoms with Crippen molar-refractivity contribution in [2.24, 2.45) is 0 Å². The molecule has 0 aliphatic carbocycles. The fraction of sp³-hybridized carbons (Fsp3) is 0.397. The van der Waals surface area contributed by atoms with E-state index in [4.69, 9.17) is 30.9 Å². The Bertz CT molecular complexity index is 3360. The summed E-state index contributed by atoms with van der Waals surface area (Å²) in [5.74, 6) is -4.03. The van der Waals surface area contributed by atoms with Gasteiger partial charge in [-0.1, -0.05) is 48.5 Å². The molecular formula is C58H74Br2ClN5O20S2. The number of hydrogen-bond acceptors (Lipinski definition) is 19. The van der Waals surface area contributed by atoms with Crippen LogP contribution in [-0.2, 0) is 63.0 Å². The fourth-order valence-corrected chi connectivity index (χ4v) is 9.13. The molecular weight excluding hydrogens is 1350 g/mol. The van der Waals surface area contributed by atoms with Crippen molar-refractivity contribution in [1.82, 2.24) is 0 Å². The van der Waals surface area contributed by atoms with Crippen LogP contribution in [0.4, 0.5) is 28.4 Å². The van der Waals surface area contributed by atoms with Gasteiger partial charge in [0, 0.05) is 23.8 Å². The Hall–Kier alpha value is -7.60. The van der Waals surface area contributed by atoms with Gasteiger partial charge in [0.05, 0.1) is 97.7 Å². The summed E-state index contributed by atoms with van der Waals surface area (Å²) in [5.41, 5.74) is 5.98. The predicted molar refractivity (Wildman–Crippen MR) is 342 cm³/mol. The lowest BCUT2D eigenvalue weighted by Gasteiger charge is -2.14. The molecule has 0 bridgehead atoms. The molecule has 0 saturated carbocycles. The topological polar surface area (TPSA) is 364 Å². The molecule has 5 rings (SSSR count). The number of sulfonamides is 2. The number of aryl methyl sites for hydroxylation is 3. The highest BCUT2D eigenvalue weighted by Gasteiger charge is 2.22. The number of nitrogens with one attached hydrogen (secondary N) is 2. The van der Waals surface area contributed by atoms with Crippen LogP contribution in [0.2, 0.25) is 0 Å². The standard InChI is InChI=1S/C13H19NO4S.C12H15NO4.C11H12BrNO4.C11H15NO4S.C6H4BrNO2.C5H9ClO2/c1-5-18-13(15)10(3)11-6-7-12(9(2)8-11)14-19(4,16)17;1-4-17-12(14)9(3)10-5-6-11(13(15)16)8(2)7-10;1-3-17-11(14)7(2)8-4-5-10(13(15)16)9(12)6-8;1-7-6-9(8(2)11(13)14)4-5-10(7)12-17(3,15)16;7-5-3-1-2-4-6(5)8(9)10;1-3-8-5(7)4(2)6/h6-8,10,14H,5H2,1-4H3;5-7,9H,4H2,1-3H3;4-7H,3H2,1-2H3;4-6,8,12H,1-3H3,(H,13,14);1-4H;4H,3H2,1-2H3. The second-order valence-corrected chi connectivity index (χ2v) is 24.6. The molecule has 0 fully saturated rings. The van der Waals surface area contributed by atoms with Crippen LogP contribution < -0.4 is 9.44 Å². The van der Waals surface area contributed by atoms with Gasteiger partial charge in [-0.2, -0.15) is 0 Å². The number of carbonyl (C=O) groups is 5. The summed E-state index contributed by atoms with van der Waals surface area (Å²) in [5, 5.41) is 39.8. The van der Waals surface area contributed by atoms with Gasteiger partial charge in [0.15, 0.2) is 0 Å². The van der Waals surface area contributed by atoms with Gasteiger partial charge in [-0.3, -0.25) is 63.8 Å². The molecule has 5 aromatic rings. The maximum atomic E-state index is 11.6. The van der Waals surface area contributed by atoms with Crippen LogP contribution in [0.25, 0.3) is 0 Å².